The van der Waals surface area contributed by atoms with Gasteiger partial charge >= 0.3 is 0 Å². The lowest BCUT2D eigenvalue weighted by atomic mass is 10.1. The number of rotatable bonds is 7. The molecule has 0 bridgehead atoms. The highest BCUT2D eigenvalue weighted by molar-refractivity contribution is 5.94. The van der Waals surface area contributed by atoms with Crippen molar-refractivity contribution in [2.24, 2.45) is 5.92 Å². The van der Waals surface area contributed by atoms with Gasteiger partial charge in [-0.15, -0.1) is 0 Å². The maximum Gasteiger partial charge on any atom is 0.253 e. The van der Waals surface area contributed by atoms with Crippen molar-refractivity contribution in [2.45, 2.75) is 20.4 Å². The lowest BCUT2D eigenvalue weighted by molar-refractivity contribution is 0.0628. The van der Waals surface area contributed by atoms with E-state index in [1.54, 1.807) is 7.11 Å². The molecule has 1 aliphatic heterocycles. The van der Waals surface area contributed by atoms with Crippen LogP contribution in [0.25, 0.3) is 0 Å². The highest BCUT2D eigenvalue weighted by Crippen LogP contribution is 2.29. The minimum Gasteiger partial charge on any atom is -0.493 e. The van der Waals surface area contributed by atoms with E-state index in [1.165, 1.54) is 5.56 Å². The molecule has 0 radical (unpaired) electrons. The summed E-state index contributed by atoms with van der Waals surface area (Å²) in [7, 11) is 1.68. The Kier molecular flexibility index (Phi) is 6.93. The van der Waals surface area contributed by atoms with E-state index in [1.807, 2.05) is 41.3 Å². The smallest absolute Gasteiger partial charge is 0.253 e. The van der Waals surface area contributed by atoms with E-state index in [0.717, 1.165) is 49.8 Å². The third kappa shape index (κ3) is 5.26. The molecule has 0 N–H and O–H groups in total. The number of hydrogen-bond donors (Lipinski definition) is 0. The minimum absolute atomic E-state index is 0.119. The van der Waals surface area contributed by atoms with Crippen LogP contribution in [0.3, 0.4) is 0 Å². The van der Waals surface area contributed by atoms with Crippen LogP contribution >= 0.6 is 0 Å². The number of carbonyl (C=O) groups excluding carboxylic acids is 1. The molecule has 2 aromatic carbocycles. The van der Waals surface area contributed by atoms with Crippen LogP contribution in [0.1, 0.15) is 29.8 Å². The normalized spacial score (nSPS) is 14.9. The second kappa shape index (κ2) is 9.60. The Morgan fingerprint density at radius 3 is 2.36 bits per heavy atom. The summed E-state index contributed by atoms with van der Waals surface area (Å²) in [5.74, 6) is 2.15. The number of carbonyl (C=O) groups is 1. The summed E-state index contributed by atoms with van der Waals surface area (Å²) in [6.07, 6.45) is 0. The first-order valence-corrected chi connectivity index (χ1v) is 9.93. The van der Waals surface area contributed by atoms with Gasteiger partial charge in [0.1, 0.15) is 0 Å². The van der Waals surface area contributed by atoms with Crippen molar-refractivity contribution in [3.8, 4) is 11.5 Å². The molecule has 0 saturated carbocycles. The van der Waals surface area contributed by atoms with Crippen molar-refractivity contribution in [1.29, 1.82) is 0 Å². The number of methoxy groups -OCH3 is 1. The fourth-order valence-corrected chi connectivity index (χ4v) is 3.32. The molecule has 5 heteroatoms. The average molecular weight is 383 g/mol. The van der Waals surface area contributed by atoms with Gasteiger partial charge in [-0.1, -0.05) is 38.1 Å². The monoisotopic (exact) mass is 382 g/mol. The third-order valence-corrected chi connectivity index (χ3v) is 4.89. The van der Waals surface area contributed by atoms with E-state index in [0.29, 0.717) is 12.5 Å². The fraction of sp³-hybridized carbons (Fsp3) is 0.435. The molecule has 1 saturated heterocycles. The summed E-state index contributed by atoms with van der Waals surface area (Å²) < 4.78 is 11.3. The summed E-state index contributed by atoms with van der Waals surface area (Å²) in [5, 5.41) is 0. The molecule has 1 amide bonds. The Bertz CT molecular complexity index is 769. The van der Waals surface area contributed by atoms with Gasteiger partial charge in [0.15, 0.2) is 11.5 Å². The van der Waals surface area contributed by atoms with Gasteiger partial charge in [0, 0.05) is 38.3 Å². The van der Waals surface area contributed by atoms with Crippen molar-refractivity contribution in [3.63, 3.8) is 0 Å². The first-order chi connectivity index (χ1) is 13.6. The van der Waals surface area contributed by atoms with Gasteiger partial charge in [0.25, 0.3) is 5.91 Å². The molecule has 0 aromatic heterocycles. The van der Waals surface area contributed by atoms with Crippen LogP contribution in [0.5, 0.6) is 11.5 Å². The minimum atomic E-state index is 0.119. The molecule has 0 aliphatic carbocycles. The van der Waals surface area contributed by atoms with E-state index in [9.17, 15) is 4.79 Å². The molecule has 1 heterocycles. The zero-order valence-corrected chi connectivity index (χ0v) is 17.1. The van der Waals surface area contributed by atoms with Crippen molar-refractivity contribution < 1.29 is 14.3 Å². The van der Waals surface area contributed by atoms with Crippen molar-refractivity contribution in [1.82, 2.24) is 9.80 Å². The van der Waals surface area contributed by atoms with Crippen LogP contribution in [0.2, 0.25) is 0 Å². The van der Waals surface area contributed by atoms with Crippen LogP contribution in [0.4, 0.5) is 0 Å². The molecular formula is C23H30N2O3. The van der Waals surface area contributed by atoms with Crippen LogP contribution in [-0.2, 0) is 6.54 Å². The summed E-state index contributed by atoms with van der Waals surface area (Å²) in [6.45, 7) is 9.01. The maximum atomic E-state index is 12.6. The molecular weight excluding hydrogens is 352 g/mol. The van der Waals surface area contributed by atoms with Gasteiger partial charge in [-0.3, -0.25) is 9.69 Å². The molecule has 150 valence electrons. The Morgan fingerprint density at radius 2 is 1.71 bits per heavy atom. The molecule has 28 heavy (non-hydrogen) atoms. The molecule has 3 rings (SSSR count). The predicted molar refractivity (Wildman–Crippen MR) is 111 cm³/mol. The highest BCUT2D eigenvalue weighted by atomic mass is 16.5. The Balaban J connectivity index is 1.55. The number of hydrogen-bond acceptors (Lipinski definition) is 4. The van der Waals surface area contributed by atoms with E-state index in [-0.39, 0.29) is 5.91 Å². The zero-order valence-electron chi connectivity index (χ0n) is 17.1. The second-order valence-corrected chi connectivity index (χ2v) is 7.62. The van der Waals surface area contributed by atoms with Crippen LogP contribution in [0, 0.1) is 5.92 Å². The summed E-state index contributed by atoms with van der Waals surface area (Å²) in [6, 6.07) is 15.6. The van der Waals surface area contributed by atoms with Gasteiger partial charge < -0.3 is 14.4 Å². The number of benzene rings is 2. The van der Waals surface area contributed by atoms with E-state index >= 15 is 0 Å². The molecule has 0 unspecified atom stereocenters. The van der Waals surface area contributed by atoms with Crippen molar-refractivity contribution >= 4 is 5.91 Å². The van der Waals surface area contributed by atoms with Crippen LogP contribution in [0.15, 0.2) is 48.5 Å². The van der Waals surface area contributed by atoms with E-state index in [4.69, 9.17) is 9.47 Å². The number of ether oxygens (including phenoxy) is 2. The zero-order chi connectivity index (χ0) is 19.9. The quantitative estimate of drug-likeness (QED) is 0.732. The fourth-order valence-electron chi connectivity index (χ4n) is 3.32. The topological polar surface area (TPSA) is 42.0 Å². The maximum absolute atomic E-state index is 12.6. The molecule has 0 spiro atoms. The van der Waals surface area contributed by atoms with Crippen LogP contribution in [-0.4, -0.2) is 55.6 Å². The molecule has 5 nitrogen and oxygen atoms in total. The van der Waals surface area contributed by atoms with Gasteiger partial charge in [0.2, 0.25) is 0 Å². The standard InChI is InChI=1S/C23H30N2O3/c1-18(2)17-28-21-10-9-19(15-22(21)27-3)16-24-11-13-25(14-12-24)23(26)20-7-5-4-6-8-20/h4-10,15,18H,11-14,16-17H2,1-3H3. The van der Waals surface area contributed by atoms with Gasteiger partial charge in [-0.2, -0.15) is 0 Å². The van der Waals surface area contributed by atoms with E-state index < -0.39 is 0 Å². The van der Waals surface area contributed by atoms with E-state index in [2.05, 4.69) is 30.9 Å². The van der Waals surface area contributed by atoms with Gasteiger partial charge in [0.05, 0.1) is 13.7 Å². The van der Waals surface area contributed by atoms with Crippen LogP contribution < -0.4 is 9.47 Å². The van der Waals surface area contributed by atoms with Gasteiger partial charge in [-0.05, 0) is 35.7 Å². The summed E-state index contributed by atoms with van der Waals surface area (Å²) >= 11 is 0. The first-order valence-electron chi connectivity index (χ1n) is 9.93. The molecule has 1 aliphatic rings. The number of nitrogens with zero attached hydrogens (tertiary/aromatic N) is 2. The first kappa shape index (κ1) is 20.2. The second-order valence-electron chi connectivity index (χ2n) is 7.62. The Morgan fingerprint density at radius 1 is 1.00 bits per heavy atom. The molecule has 0 atom stereocenters. The average Bonchev–Trinajstić information content (AvgIpc) is 2.73. The van der Waals surface area contributed by atoms with Crippen molar-refractivity contribution in [3.05, 3.63) is 59.7 Å². The molecule has 2 aromatic rings. The number of amides is 1. The van der Waals surface area contributed by atoms with Gasteiger partial charge in [-0.25, -0.2) is 0 Å². The predicted octanol–water partition coefficient (Wildman–Crippen LogP) is 3.69. The lowest BCUT2D eigenvalue weighted by Gasteiger charge is -2.34. The molecule has 1 fully saturated rings. The summed E-state index contributed by atoms with van der Waals surface area (Å²) in [5.41, 5.74) is 1.95. The largest absolute Gasteiger partial charge is 0.493 e. The summed E-state index contributed by atoms with van der Waals surface area (Å²) in [4.78, 5) is 16.9. The lowest BCUT2D eigenvalue weighted by Crippen LogP contribution is -2.48. The Hall–Kier alpha value is -2.53. The highest BCUT2D eigenvalue weighted by Gasteiger charge is 2.22. The van der Waals surface area contributed by atoms with Crippen molar-refractivity contribution in [2.75, 3.05) is 39.9 Å². The number of piperazine rings is 1. The SMILES string of the molecule is COc1cc(CN2CCN(C(=O)c3ccccc3)CC2)ccc1OCC(C)C. The third-order valence-electron chi connectivity index (χ3n) is 4.89. The Labute approximate surface area is 167 Å².